The van der Waals surface area contributed by atoms with E-state index in [2.05, 4.69) is 22.0 Å². The van der Waals surface area contributed by atoms with E-state index in [9.17, 15) is 13.2 Å². The van der Waals surface area contributed by atoms with Crippen LogP contribution in [0, 0.1) is 5.92 Å². The number of nitrogens with zero attached hydrogens (tertiary/aromatic N) is 2. The topological polar surface area (TPSA) is 57.7 Å². The van der Waals surface area contributed by atoms with Crippen LogP contribution < -0.4 is 0 Å². The summed E-state index contributed by atoms with van der Waals surface area (Å²) in [6.45, 7) is 1.46. The highest BCUT2D eigenvalue weighted by atomic mass is 79.9. The van der Waals surface area contributed by atoms with Crippen molar-refractivity contribution in [2.45, 2.75) is 44.0 Å². The van der Waals surface area contributed by atoms with Gasteiger partial charge in [-0.15, -0.1) is 0 Å². The van der Waals surface area contributed by atoms with E-state index < -0.39 is 10.0 Å². The molecular formula is C23H27BrN2O3S. The lowest BCUT2D eigenvalue weighted by molar-refractivity contribution is -0.138. The van der Waals surface area contributed by atoms with Crippen LogP contribution in [0.4, 0.5) is 0 Å². The summed E-state index contributed by atoms with van der Waals surface area (Å²) >= 11 is 3.50. The van der Waals surface area contributed by atoms with Crippen molar-refractivity contribution in [3.05, 3.63) is 70.2 Å². The number of benzene rings is 2. The number of hydrogen-bond donors (Lipinski definition) is 0. The van der Waals surface area contributed by atoms with Crippen molar-refractivity contribution >= 4 is 31.9 Å². The highest BCUT2D eigenvalue weighted by Gasteiger charge is 2.38. The maximum atomic E-state index is 13.3. The van der Waals surface area contributed by atoms with Gasteiger partial charge in [-0.3, -0.25) is 4.79 Å². The third-order valence-corrected chi connectivity index (χ3v) is 8.24. The molecule has 1 aliphatic carbocycles. The smallest absolute Gasteiger partial charge is 0.226 e. The summed E-state index contributed by atoms with van der Waals surface area (Å²) in [6, 6.07) is 17.7. The number of sulfonamides is 1. The minimum atomic E-state index is -3.36. The van der Waals surface area contributed by atoms with Crippen LogP contribution in [0.1, 0.15) is 36.8 Å². The minimum Gasteiger partial charge on any atom is -0.335 e. The molecule has 1 aliphatic heterocycles. The number of hydrogen-bond acceptors (Lipinski definition) is 3. The summed E-state index contributed by atoms with van der Waals surface area (Å²) in [6.07, 6.45) is 3.30. The van der Waals surface area contributed by atoms with E-state index in [0.29, 0.717) is 38.5 Å². The maximum absolute atomic E-state index is 13.3. The van der Waals surface area contributed by atoms with Crippen molar-refractivity contribution in [2.75, 3.05) is 13.1 Å². The zero-order chi connectivity index (χ0) is 21.1. The fourth-order valence-corrected chi connectivity index (χ4v) is 6.11. The summed E-state index contributed by atoms with van der Waals surface area (Å²) in [5.41, 5.74) is 1.91. The van der Waals surface area contributed by atoms with Gasteiger partial charge in [-0.2, -0.15) is 0 Å². The lowest BCUT2D eigenvalue weighted by Gasteiger charge is -2.34. The summed E-state index contributed by atoms with van der Waals surface area (Å²) < 4.78 is 28.1. The molecule has 2 aromatic rings. The first-order valence-corrected chi connectivity index (χ1v) is 12.9. The standard InChI is InChI=1S/C23H27BrN2O3S/c24-21-8-4-7-19(15-21)16-26(22-9-10-22)23(27)20-11-13-25(14-12-20)30(28,29)17-18-5-2-1-3-6-18/h1-8,15,20,22H,9-14,16-17H2. The summed E-state index contributed by atoms with van der Waals surface area (Å²) in [5.74, 6) is 0.0994. The Balaban J connectivity index is 1.37. The molecule has 0 radical (unpaired) electrons. The fourth-order valence-electron chi connectivity index (χ4n) is 4.10. The molecule has 7 heteroatoms. The number of amides is 1. The third kappa shape index (κ3) is 5.31. The van der Waals surface area contributed by atoms with E-state index in [1.54, 1.807) is 4.31 Å². The Morgan fingerprint density at radius 2 is 1.63 bits per heavy atom. The van der Waals surface area contributed by atoms with Gasteiger partial charge in [0.1, 0.15) is 0 Å². The molecule has 2 aliphatic rings. The molecule has 0 bridgehead atoms. The Morgan fingerprint density at radius 3 is 2.27 bits per heavy atom. The highest BCUT2D eigenvalue weighted by molar-refractivity contribution is 9.10. The summed E-state index contributed by atoms with van der Waals surface area (Å²) in [4.78, 5) is 15.3. The first-order valence-electron chi connectivity index (χ1n) is 10.5. The molecule has 2 aromatic carbocycles. The van der Waals surface area contributed by atoms with Gasteiger partial charge < -0.3 is 4.90 Å². The molecule has 1 saturated heterocycles. The molecule has 0 spiro atoms. The molecule has 0 atom stereocenters. The van der Waals surface area contributed by atoms with Gasteiger partial charge in [0.05, 0.1) is 5.75 Å². The number of piperidine rings is 1. The molecule has 1 heterocycles. The lowest BCUT2D eigenvalue weighted by atomic mass is 9.96. The number of carbonyl (C=O) groups is 1. The molecule has 160 valence electrons. The number of rotatable bonds is 7. The van der Waals surface area contributed by atoms with E-state index in [1.807, 2.05) is 53.4 Å². The molecule has 1 saturated carbocycles. The van der Waals surface area contributed by atoms with Crippen LogP contribution in [-0.2, 0) is 27.1 Å². The fraction of sp³-hybridized carbons (Fsp3) is 0.435. The zero-order valence-electron chi connectivity index (χ0n) is 16.9. The van der Waals surface area contributed by atoms with Gasteiger partial charge in [-0.05, 0) is 48.9 Å². The van der Waals surface area contributed by atoms with Gasteiger partial charge in [0.15, 0.2) is 0 Å². The quantitative estimate of drug-likeness (QED) is 0.584. The average Bonchev–Trinajstić information content (AvgIpc) is 3.57. The predicted octanol–water partition coefficient (Wildman–Crippen LogP) is 4.18. The van der Waals surface area contributed by atoms with Gasteiger partial charge in [0, 0.05) is 36.1 Å². The van der Waals surface area contributed by atoms with Gasteiger partial charge >= 0.3 is 0 Å². The number of carbonyl (C=O) groups excluding carboxylic acids is 1. The van der Waals surface area contributed by atoms with Gasteiger partial charge in [-0.25, -0.2) is 12.7 Å². The van der Waals surface area contributed by atoms with E-state index in [1.165, 1.54) is 0 Å². The maximum Gasteiger partial charge on any atom is 0.226 e. The second kappa shape index (κ2) is 9.20. The van der Waals surface area contributed by atoms with Crippen molar-refractivity contribution in [1.29, 1.82) is 0 Å². The molecule has 1 amide bonds. The van der Waals surface area contributed by atoms with Gasteiger partial charge in [0.2, 0.25) is 15.9 Å². The van der Waals surface area contributed by atoms with Crippen molar-refractivity contribution in [3.63, 3.8) is 0 Å². The van der Waals surface area contributed by atoms with E-state index in [4.69, 9.17) is 0 Å². The van der Waals surface area contributed by atoms with Crippen molar-refractivity contribution in [3.8, 4) is 0 Å². The Bertz CT molecular complexity index is 985. The van der Waals surface area contributed by atoms with Crippen LogP contribution in [0.2, 0.25) is 0 Å². The van der Waals surface area contributed by atoms with E-state index in [-0.39, 0.29) is 17.6 Å². The Labute approximate surface area is 187 Å². The second-order valence-electron chi connectivity index (χ2n) is 8.24. The largest absolute Gasteiger partial charge is 0.335 e. The monoisotopic (exact) mass is 490 g/mol. The van der Waals surface area contributed by atoms with Crippen molar-refractivity contribution in [1.82, 2.24) is 9.21 Å². The highest BCUT2D eigenvalue weighted by Crippen LogP contribution is 2.32. The van der Waals surface area contributed by atoms with Crippen LogP contribution in [0.25, 0.3) is 0 Å². The SMILES string of the molecule is O=C(C1CCN(S(=O)(=O)Cc2ccccc2)CC1)N(Cc1cccc(Br)c1)C1CC1. The van der Waals surface area contributed by atoms with Crippen molar-refractivity contribution in [2.24, 2.45) is 5.92 Å². The average molecular weight is 491 g/mol. The Morgan fingerprint density at radius 1 is 0.967 bits per heavy atom. The Hall–Kier alpha value is -1.70. The molecule has 2 fully saturated rings. The van der Waals surface area contributed by atoms with Crippen LogP contribution in [0.5, 0.6) is 0 Å². The molecule has 0 N–H and O–H groups in total. The van der Waals surface area contributed by atoms with Crippen molar-refractivity contribution < 1.29 is 13.2 Å². The normalized spacial score (nSPS) is 18.3. The predicted molar refractivity (Wildman–Crippen MR) is 121 cm³/mol. The third-order valence-electron chi connectivity index (χ3n) is 5.90. The zero-order valence-corrected chi connectivity index (χ0v) is 19.3. The molecular weight excluding hydrogens is 464 g/mol. The first-order chi connectivity index (χ1) is 14.4. The molecule has 0 aromatic heterocycles. The number of halogens is 1. The van der Waals surface area contributed by atoms with Crippen LogP contribution >= 0.6 is 15.9 Å². The van der Waals surface area contributed by atoms with E-state index >= 15 is 0 Å². The summed E-state index contributed by atoms with van der Waals surface area (Å²) in [5, 5.41) is 0. The molecule has 30 heavy (non-hydrogen) atoms. The molecule has 4 rings (SSSR count). The molecule has 0 unspecified atom stereocenters. The van der Waals surface area contributed by atoms with Gasteiger partial charge in [-0.1, -0.05) is 58.4 Å². The Kier molecular flexibility index (Phi) is 6.60. The minimum absolute atomic E-state index is 0.0174. The van der Waals surface area contributed by atoms with Gasteiger partial charge in [0.25, 0.3) is 0 Å². The molecule has 5 nitrogen and oxygen atoms in total. The second-order valence-corrected chi connectivity index (χ2v) is 11.1. The van der Waals surface area contributed by atoms with E-state index in [0.717, 1.165) is 28.4 Å². The first kappa shape index (κ1) is 21.5. The lowest BCUT2D eigenvalue weighted by Crippen LogP contribution is -2.45. The van der Waals surface area contributed by atoms with Crippen LogP contribution in [0.3, 0.4) is 0 Å². The summed E-state index contributed by atoms with van der Waals surface area (Å²) in [7, 11) is -3.36. The van der Waals surface area contributed by atoms with Crippen LogP contribution in [0.15, 0.2) is 59.1 Å². The van der Waals surface area contributed by atoms with Crippen LogP contribution in [-0.4, -0.2) is 42.7 Å².